The van der Waals surface area contributed by atoms with Gasteiger partial charge in [-0.2, -0.15) is 0 Å². The zero-order valence-corrected chi connectivity index (χ0v) is 38.3. The third kappa shape index (κ3) is 41.5. The van der Waals surface area contributed by atoms with Gasteiger partial charge in [-0.1, -0.05) is 226 Å². The van der Waals surface area contributed by atoms with Crippen LogP contribution in [0.1, 0.15) is 239 Å². The van der Waals surface area contributed by atoms with E-state index in [0.29, 0.717) is 17.4 Å². The number of aliphatic hydroxyl groups is 1. The summed E-state index contributed by atoms with van der Waals surface area (Å²) in [4.78, 5) is 24.2. The number of carbonyl (C=O) groups is 1. The van der Waals surface area contributed by atoms with Crippen LogP contribution in [0.15, 0.2) is 0 Å². The van der Waals surface area contributed by atoms with Gasteiger partial charge in [-0.25, -0.2) is 0 Å². The van der Waals surface area contributed by atoms with E-state index in [0.717, 1.165) is 19.3 Å². The fraction of sp³-hybridized carbons (Fsp3) is 0.978. The van der Waals surface area contributed by atoms with Gasteiger partial charge in [0.05, 0.1) is 39.9 Å². The first-order valence-electron chi connectivity index (χ1n) is 23.9. The molecule has 0 radical (unpaired) electrons. The van der Waals surface area contributed by atoms with Crippen molar-refractivity contribution in [1.82, 2.24) is 5.32 Å². The first-order chi connectivity index (χ1) is 26.5. The molecule has 0 aromatic rings. The van der Waals surface area contributed by atoms with E-state index in [1.54, 1.807) is 6.92 Å². The van der Waals surface area contributed by atoms with Gasteiger partial charge in [0.15, 0.2) is 0 Å². The molecule has 0 aromatic heterocycles. The Morgan fingerprint density at radius 3 is 1.16 bits per heavy atom. The lowest BCUT2D eigenvalue weighted by Gasteiger charge is -2.30. The van der Waals surface area contributed by atoms with E-state index in [1.165, 1.54) is 193 Å². The van der Waals surface area contributed by atoms with Crippen molar-refractivity contribution in [2.24, 2.45) is 0 Å². The van der Waals surface area contributed by atoms with E-state index >= 15 is 0 Å². The van der Waals surface area contributed by atoms with Crippen molar-refractivity contribution in [3.8, 4) is 0 Å². The van der Waals surface area contributed by atoms with Crippen LogP contribution < -0.4 is 10.2 Å². The van der Waals surface area contributed by atoms with Crippen LogP contribution in [0.25, 0.3) is 0 Å². The largest absolute Gasteiger partial charge is 0.756 e. The summed E-state index contributed by atoms with van der Waals surface area (Å²) >= 11 is 0. The number of nitrogens with one attached hydrogen (secondary N) is 1. The summed E-state index contributed by atoms with van der Waals surface area (Å²) < 4.78 is 22.8. The molecule has 0 rings (SSSR count). The van der Waals surface area contributed by atoms with Crippen LogP contribution in [0.3, 0.4) is 0 Å². The Hall–Kier alpha value is -0.500. The van der Waals surface area contributed by atoms with Crippen molar-refractivity contribution < 1.29 is 32.9 Å². The van der Waals surface area contributed by atoms with Crippen LogP contribution in [-0.2, 0) is 18.4 Å². The molecule has 0 aliphatic rings. The Balaban J connectivity index is 3.54. The highest BCUT2D eigenvalue weighted by Gasteiger charge is 2.24. The number of quaternary nitrogens is 1. The van der Waals surface area contributed by atoms with Gasteiger partial charge in [0, 0.05) is 6.42 Å². The molecule has 0 heterocycles. The van der Waals surface area contributed by atoms with Crippen molar-refractivity contribution in [3.05, 3.63) is 0 Å². The van der Waals surface area contributed by atoms with E-state index in [9.17, 15) is 19.4 Å². The minimum Gasteiger partial charge on any atom is -0.756 e. The van der Waals surface area contributed by atoms with Crippen molar-refractivity contribution in [3.63, 3.8) is 0 Å². The summed E-state index contributed by atoms with van der Waals surface area (Å²) in [5, 5.41) is 13.4. The van der Waals surface area contributed by atoms with Crippen molar-refractivity contribution in [2.45, 2.75) is 251 Å². The normalized spacial score (nSPS) is 14.2. The topological polar surface area (TPSA) is 108 Å². The van der Waals surface area contributed by atoms with Gasteiger partial charge >= 0.3 is 0 Å². The third-order valence-electron chi connectivity index (χ3n) is 11.2. The smallest absolute Gasteiger partial charge is 0.268 e. The molecule has 55 heavy (non-hydrogen) atoms. The van der Waals surface area contributed by atoms with Crippen LogP contribution in [0.2, 0.25) is 0 Å². The molecule has 1 amide bonds. The predicted molar refractivity (Wildman–Crippen MR) is 233 cm³/mol. The second kappa shape index (κ2) is 39.0. The number of nitrogens with zero attached hydrogens (tertiary/aromatic N) is 1. The molecule has 0 aromatic carbocycles. The molecule has 330 valence electrons. The van der Waals surface area contributed by atoms with Crippen LogP contribution in [0, 0.1) is 0 Å². The lowest BCUT2D eigenvalue weighted by molar-refractivity contribution is -0.870. The number of aliphatic hydroxyl groups excluding tert-OH is 1. The summed E-state index contributed by atoms with van der Waals surface area (Å²) in [5.41, 5.74) is 0. The average Bonchev–Trinajstić information content (AvgIpc) is 3.14. The molecule has 3 unspecified atom stereocenters. The second-order valence-electron chi connectivity index (χ2n) is 17.8. The number of hydrogen-bond acceptors (Lipinski definition) is 6. The van der Waals surface area contributed by atoms with Gasteiger partial charge in [-0.05, 0) is 6.42 Å². The van der Waals surface area contributed by atoms with Crippen LogP contribution >= 0.6 is 7.82 Å². The molecule has 0 spiro atoms. The molecule has 0 fully saturated rings. The quantitative estimate of drug-likeness (QED) is 0.0361. The number of hydrogen-bond donors (Lipinski definition) is 2. The Kier molecular flexibility index (Phi) is 38.6. The van der Waals surface area contributed by atoms with Crippen molar-refractivity contribution >= 4 is 13.7 Å². The Labute approximate surface area is 342 Å². The lowest BCUT2D eigenvalue weighted by Crippen LogP contribution is -2.46. The standard InChI is InChI=1S/C46H95N2O6P/c1-6-8-9-10-11-12-13-14-15-16-17-18-19-20-21-22-23-24-25-26-27-28-29-30-31-32-33-34-35-36-37-38-39-40-45(49)44(47-46(50)7-2)43-54-55(51,52)53-42-41-48(3,4)5/h44-45,49H,6-43H2,1-5H3,(H-,47,50,51,52). The number of carbonyl (C=O) groups excluding carboxylic acids is 1. The molecule has 0 aliphatic carbocycles. The maximum atomic E-state index is 12.2. The maximum absolute atomic E-state index is 12.2. The first-order valence-corrected chi connectivity index (χ1v) is 25.3. The van der Waals surface area contributed by atoms with Gasteiger partial charge in [0.2, 0.25) is 5.91 Å². The van der Waals surface area contributed by atoms with E-state index in [-0.39, 0.29) is 25.5 Å². The summed E-state index contributed by atoms with van der Waals surface area (Å²) in [7, 11) is 1.31. The summed E-state index contributed by atoms with van der Waals surface area (Å²) in [5.74, 6) is -0.250. The highest BCUT2D eigenvalue weighted by molar-refractivity contribution is 7.45. The van der Waals surface area contributed by atoms with Crippen molar-refractivity contribution in [1.29, 1.82) is 0 Å². The average molecular weight is 803 g/mol. The molecule has 3 atom stereocenters. The van der Waals surface area contributed by atoms with E-state index in [1.807, 2.05) is 21.1 Å². The van der Waals surface area contributed by atoms with Crippen molar-refractivity contribution in [2.75, 3.05) is 40.9 Å². The van der Waals surface area contributed by atoms with Crippen LogP contribution in [0.5, 0.6) is 0 Å². The number of phosphoric ester groups is 1. The highest BCUT2D eigenvalue weighted by atomic mass is 31.2. The predicted octanol–water partition coefficient (Wildman–Crippen LogP) is 12.7. The number of amides is 1. The molecule has 0 bridgehead atoms. The molecule has 0 saturated heterocycles. The molecule has 2 N–H and O–H groups in total. The third-order valence-corrected chi connectivity index (χ3v) is 12.1. The minimum absolute atomic E-state index is 0.0124. The molecule has 8 nitrogen and oxygen atoms in total. The maximum Gasteiger partial charge on any atom is 0.268 e. The minimum atomic E-state index is -4.52. The Morgan fingerprint density at radius 1 is 0.564 bits per heavy atom. The van der Waals surface area contributed by atoms with Gasteiger partial charge < -0.3 is 28.8 Å². The number of phosphoric acid groups is 1. The summed E-state index contributed by atoms with van der Waals surface area (Å²) in [6.45, 7) is 4.20. The van der Waals surface area contributed by atoms with E-state index in [4.69, 9.17) is 9.05 Å². The van der Waals surface area contributed by atoms with Gasteiger partial charge in [-0.15, -0.1) is 0 Å². The van der Waals surface area contributed by atoms with Gasteiger partial charge in [0.25, 0.3) is 7.82 Å². The highest BCUT2D eigenvalue weighted by Crippen LogP contribution is 2.38. The molecule has 0 saturated carbocycles. The number of likely N-dealkylation sites (N-methyl/N-ethyl adjacent to an activating group) is 1. The lowest BCUT2D eigenvalue weighted by atomic mass is 10.0. The Morgan fingerprint density at radius 2 is 0.873 bits per heavy atom. The fourth-order valence-corrected chi connectivity index (χ4v) is 8.02. The number of unbranched alkanes of at least 4 members (excludes halogenated alkanes) is 32. The molecular formula is C46H95N2O6P. The molecule has 9 heteroatoms. The number of rotatable bonds is 44. The SMILES string of the molecule is CCCCCCCCCCCCCCCCCCCCCCCCCCCCCCCCCCCC(O)C(COP(=O)([O-])OCC[N+](C)(C)C)NC(=O)CC. The molecule has 0 aliphatic heterocycles. The van der Waals surface area contributed by atoms with E-state index < -0.39 is 20.0 Å². The zero-order chi connectivity index (χ0) is 40.7. The molecular weight excluding hydrogens is 707 g/mol. The van der Waals surface area contributed by atoms with E-state index in [2.05, 4.69) is 12.2 Å². The van der Waals surface area contributed by atoms with Gasteiger partial charge in [-0.3, -0.25) is 9.36 Å². The zero-order valence-electron chi connectivity index (χ0n) is 37.4. The Bertz CT molecular complexity index is 870. The first kappa shape index (κ1) is 54.5. The van der Waals surface area contributed by atoms with Crippen LogP contribution in [-0.4, -0.2) is 68.5 Å². The fourth-order valence-electron chi connectivity index (χ4n) is 7.30. The second-order valence-corrected chi connectivity index (χ2v) is 19.2. The monoisotopic (exact) mass is 803 g/mol. The summed E-state index contributed by atoms with van der Waals surface area (Å²) in [6.07, 6.45) is 45.3. The van der Waals surface area contributed by atoms with Gasteiger partial charge in [0.1, 0.15) is 13.2 Å². The summed E-state index contributed by atoms with van der Waals surface area (Å²) in [6, 6.07) is -0.792. The van der Waals surface area contributed by atoms with Crippen LogP contribution in [0.4, 0.5) is 0 Å².